The molecule has 1 aromatic rings. The maximum atomic E-state index is 12.1. The molecular formula is C19H27N3O5. The molecule has 1 heterocycles. The summed E-state index contributed by atoms with van der Waals surface area (Å²) in [7, 11) is 0. The molecule has 1 aromatic carbocycles. The first-order chi connectivity index (χ1) is 12.7. The fraction of sp³-hybridized carbons (Fsp3) is 0.526. The Morgan fingerprint density at radius 1 is 1.19 bits per heavy atom. The SMILES string of the molecule is C/C(=N/NC(=O)OC(C)(C)C)c1ccc(OCC(=O)N2CCOCC2)cc1. The van der Waals surface area contributed by atoms with Gasteiger partial charge in [-0.25, -0.2) is 10.2 Å². The second-order valence-corrected chi connectivity index (χ2v) is 7.12. The molecular weight excluding hydrogens is 350 g/mol. The third kappa shape index (κ3) is 7.26. The number of hydrogen-bond donors (Lipinski definition) is 1. The quantitative estimate of drug-likeness (QED) is 0.627. The molecule has 148 valence electrons. The van der Waals surface area contributed by atoms with Crippen molar-refractivity contribution in [2.24, 2.45) is 5.10 Å². The van der Waals surface area contributed by atoms with E-state index in [9.17, 15) is 9.59 Å². The molecule has 0 spiro atoms. The maximum Gasteiger partial charge on any atom is 0.428 e. The summed E-state index contributed by atoms with van der Waals surface area (Å²) in [5.41, 5.74) is 3.23. The highest BCUT2D eigenvalue weighted by Crippen LogP contribution is 2.13. The van der Waals surface area contributed by atoms with Crippen LogP contribution in [0.3, 0.4) is 0 Å². The van der Waals surface area contributed by atoms with Crippen molar-refractivity contribution in [3.05, 3.63) is 29.8 Å². The van der Waals surface area contributed by atoms with Gasteiger partial charge in [0, 0.05) is 13.1 Å². The van der Waals surface area contributed by atoms with Gasteiger partial charge in [-0.2, -0.15) is 5.10 Å². The molecule has 0 bridgehead atoms. The molecule has 0 aromatic heterocycles. The predicted octanol–water partition coefficient (Wildman–Crippen LogP) is 2.17. The molecule has 1 aliphatic heterocycles. The zero-order valence-corrected chi connectivity index (χ0v) is 16.3. The van der Waals surface area contributed by atoms with E-state index in [0.29, 0.717) is 37.8 Å². The first-order valence-electron chi connectivity index (χ1n) is 8.86. The lowest BCUT2D eigenvalue weighted by atomic mass is 10.1. The molecule has 2 rings (SSSR count). The van der Waals surface area contributed by atoms with Gasteiger partial charge in [-0.15, -0.1) is 0 Å². The van der Waals surface area contributed by atoms with Crippen LogP contribution < -0.4 is 10.2 Å². The minimum atomic E-state index is -0.608. The van der Waals surface area contributed by atoms with E-state index in [2.05, 4.69) is 10.5 Å². The van der Waals surface area contributed by atoms with E-state index in [0.717, 1.165) is 5.56 Å². The van der Waals surface area contributed by atoms with Crippen molar-refractivity contribution in [3.8, 4) is 5.75 Å². The average Bonchev–Trinajstić information content (AvgIpc) is 2.64. The van der Waals surface area contributed by atoms with Gasteiger partial charge in [0.15, 0.2) is 6.61 Å². The van der Waals surface area contributed by atoms with Gasteiger partial charge in [-0.1, -0.05) is 0 Å². The van der Waals surface area contributed by atoms with E-state index in [1.54, 1.807) is 44.7 Å². The number of nitrogens with one attached hydrogen (secondary N) is 1. The Balaban J connectivity index is 1.83. The Labute approximate surface area is 159 Å². The van der Waals surface area contributed by atoms with E-state index in [1.807, 2.05) is 12.1 Å². The molecule has 1 saturated heterocycles. The molecule has 1 fully saturated rings. The number of hydrazone groups is 1. The van der Waals surface area contributed by atoms with Gasteiger partial charge in [-0.05, 0) is 57.5 Å². The van der Waals surface area contributed by atoms with Crippen molar-refractivity contribution >= 4 is 17.7 Å². The number of hydrogen-bond acceptors (Lipinski definition) is 6. The number of rotatable bonds is 5. The second kappa shape index (κ2) is 9.36. The molecule has 0 unspecified atom stereocenters. The summed E-state index contributed by atoms with van der Waals surface area (Å²) in [6.07, 6.45) is -0.608. The molecule has 0 saturated carbocycles. The molecule has 0 atom stereocenters. The Kier molecular flexibility index (Phi) is 7.18. The van der Waals surface area contributed by atoms with Crippen LogP contribution in [0.25, 0.3) is 0 Å². The van der Waals surface area contributed by atoms with Crippen molar-refractivity contribution in [3.63, 3.8) is 0 Å². The van der Waals surface area contributed by atoms with Crippen molar-refractivity contribution < 1.29 is 23.8 Å². The first kappa shape index (κ1) is 20.7. The average molecular weight is 377 g/mol. The fourth-order valence-electron chi connectivity index (χ4n) is 2.34. The highest BCUT2D eigenvalue weighted by atomic mass is 16.6. The van der Waals surface area contributed by atoms with Crippen molar-refractivity contribution in [1.29, 1.82) is 0 Å². The second-order valence-electron chi connectivity index (χ2n) is 7.12. The zero-order chi connectivity index (χ0) is 19.9. The summed E-state index contributed by atoms with van der Waals surface area (Å²) in [6.45, 7) is 9.44. The third-order valence-corrected chi connectivity index (χ3v) is 3.71. The van der Waals surface area contributed by atoms with Crippen LogP contribution in [-0.4, -0.2) is 61.1 Å². The minimum absolute atomic E-state index is 0.00732. The summed E-state index contributed by atoms with van der Waals surface area (Å²) in [5, 5.41) is 4.02. The Morgan fingerprint density at radius 3 is 2.41 bits per heavy atom. The molecule has 27 heavy (non-hydrogen) atoms. The van der Waals surface area contributed by atoms with Crippen LogP contribution >= 0.6 is 0 Å². The van der Waals surface area contributed by atoms with Crippen LogP contribution in [0.4, 0.5) is 4.79 Å². The first-order valence-corrected chi connectivity index (χ1v) is 8.86. The number of carbonyl (C=O) groups is 2. The normalized spacial score (nSPS) is 15.3. The largest absolute Gasteiger partial charge is 0.484 e. The van der Waals surface area contributed by atoms with Gasteiger partial charge >= 0.3 is 6.09 Å². The number of ether oxygens (including phenoxy) is 3. The summed E-state index contributed by atoms with van der Waals surface area (Å²) in [4.78, 5) is 25.4. The van der Waals surface area contributed by atoms with Crippen LogP contribution in [0.2, 0.25) is 0 Å². The number of nitrogens with zero attached hydrogens (tertiary/aromatic N) is 2. The Morgan fingerprint density at radius 2 is 1.81 bits per heavy atom. The molecule has 1 N–H and O–H groups in total. The van der Waals surface area contributed by atoms with E-state index < -0.39 is 11.7 Å². The lowest BCUT2D eigenvalue weighted by Gasteiger charge is -2.26. The van der Waals surface area contributed by atoms with Crippen LogP contribution in [0.1, 0.15) is 33.3 Å². The Bertz CT molecular complexity index is 674. The van der Waals surface area contributed by atoms with Gasteiger partial charge in [0.25, 0.3) is 5.91 Å². The van der Waals surface area contributed by atoms with Gasteiger partial charge in [0.1, 0.15) is 11.4 Å². The molecule has 8 heteroatoms. The van der Waals surface area contributed by atoms with Crippen molar-refractivity contribution in [1.82, 2.24) is 10.3 Å². The monoisotopic (exact) mass is 377 g/mol. The molecule has 8 nitrogen and oxygen atoms in total. The van der Waals surface area contributed by atoms with Gasteiger partial charge in [0.2, 0.25) is 0 Å². The van der Waals surface area contributed by atoms with Crippen LogP contribution in [0.5, 0.6) is 5.75 Å². The summed E-state index contributed by atoms with van der Waals surface area (Å²) in [5.74, 6) is 0.537. The van der Waals surface area contributed by atoms with Crippen molar-refractivity contribution in [2.75, 3.05) is 32.9 Å². The maximum absolute atomic E-state index is 12.1. The smallest absolute Gasteiger partial charge is 0.428 e. The predicted molar refractivity (Wildman–Crippen MR) is 101 cm³/mol. The molecule has 0 radical (unpaired) electrons. The van der Waals surface area contributed by atoms with Gasteiger partial charge in [-0.3, -0.25) is 4.79 Å². The summed E-state index contributed by atoms with van der Waals surface area (Å²) in [6, 6.07) is 7.14. The zero-order valence-electron chi connectivity index (χ0n) is 16.3. The number of morpholine rings is 1. The lowest BCUT2D eigenvalue weighted by Crippen LogP contribution is -2.42. The third-order valence-electron chi connectivity index (χ3n) is 3.71. The highest BCUT2D eigenvalue weighted by Gasteiger charge is 2.17. The van der Waals surface area contributed by atoms with Crippen LogP contribution in [0, 0.1) is 0 Å². The summed E-state index contributed by atoms with van der Waals surface area (Å²) >= 11 is 0. The highest BCUT2D eigenvalue weighted by molar-refractivity contribution is 5.99. The van der Waals surface area contributed by atoms with E-state index in [4.69, 9.17) is 14.2 Å². The topological polar surface area (TPSA) is 89.5 Å². The summed E-state index contributed by atoms with van der Waals surface area (Å²) < 4.78 is 15.9. The fourth-order valence-corrected chi connectivity index (χ4v) is 2.34. The number of amides is 2. The standard InChI is InChI=1S/C19H27N3O5/c1-14(20-21-18(24)27-19(2,3)4)15-5-7-16(8-6-15)26-13-17(23)22-9-11-25-12-10-22/h5-8H,9-13H2,1-4H3,(H,21,24)/b20-14-. The van der Waals surface area contributed by atoms with Crippen LogP contribution in [-0.2, 0) is 14.3 Å². The van der Waals surface area contributed by atoms with E-state index in [1.165, 1.54) is 0 Å². The van der Waals surface area contributed by atoms with Crippen LogP contribution in [0.15, 0.2) is 29.4 Å². The lowest BCUT2D eigenvalue weighted by molar-refractivity contribution is -0.137. The number of carbonyl (C=O) groups excluding carboxylic acids is 2. The number of benzene rings is 1. The molecule has 1 aliphatic rings. The van der Waals surface area contributed by atoms with Gasteiger partial charge < -0.3 is 19.1 Å². The molecule has 0 aliphatic carbocycles. The van der Waals surface area contributed by atoms with Gasteiger partial charge in [0.05, 0.1) is 18.9 Å². The Hall–Kier alpha value is -2.61. The minimum Gasteiger partial charge on any atom is -0.484 e. The molecule has 2 amide bonds. The van der Waals surface area contributed by atoms with E-state index in [-0.39, 0.29) is 12.5 Å². The van der Waals surface area contributed by atoms with E-state index >= 15 is 0 Å². The van der Waals surface area contributed by atoms with Crippen molar-refractivity contribution in [2.45, 2.75) is 33.3 Å².